The van der Waals surface area contributed by atoms with Crippen LogP contribution in [0.2, 0.25) is 0 Å². The molecule has 0 bridgehead atoms. The predicted octanol–water partition coefficient (Wildman–Crippen LogP) is 7.67. The van der Waals surface area contributed by atoms with Crippen LogP contribution in [-0.4, -0.2) is 35.8 Å². The quantitative estimate of drug-likeness (QED) is 0.164. The summed E-state index contributed by atoms with van der Waals surface area (Å²) in [5.74, 6) is 3.54. The van der Waals surface area contributed by atoms with Gasteiger partial charge in [-0.05, 0) is 84.9 Å². The zero-order valence-electron chi connectivity index (χ0n) is 22.2. The third-order valence-electron chi connectivity index (χ3n) is 6.11. The summed E-state index contributed by atoms with van der Waals surface area (Å²) in [6.45, 7) is 0. The third kappa shape index (κ3) is 6.84. The van der Waals surface area contributed by atoms with Crippen molar-refractivity contribution in [1.82, 2.24) is 9.97 Å². The lowest BCUT2D eigenvalue weighted by molar-refractivity contribution is -0.115. The fourth-order valence-electron chi connectivity index (χ4n) is 4.04. The van der Waals surface area contributed by atoms with Gasteiger partial charge < -0.3 is 24.5 Å². The van der Waals surface area contributed by atoms with Crippen LogP contribution in [0.25, 0.3) is 22.5 Å². The molecule has 0 saturated heterocycles. The molecule has 0 unspecified atom stereocenters. The number of ether oxygens (including phenoxy) is 3. The Kier molecular flexibility index (Phi) is 8.68. The first-order chi connectivity index (χ1) is 19.6. The number of amides is 1. The summed E-state index contributed by atoms with van der Waals surface area (Å²) >= 11 is 1.51. The van der Waals surface area contributed by atoms with E-state index in [1.54, 1.807) is 14.2 Å². The van der Waals surface area contributed by atoms with Gasteiger partial charge in [-0.3, -0.25) is 4.79 Å². The highest BCUT2D eigenvalue weighted by Gasteiger charge is 2.15. The highest BCUT2D eigenvalue weighted by atomic mass is 32.2. The van der Waals surface area contributed by atoms with Crippen LogP contribution in [-0.2, 0) is 4.79 Å². The van der Waals surface area contributed by atoms with Gasteiger partial charge in [0, 0.05) is 29.0 Å². The van der Waals surface area contributed by atoms with Gasteiger partial charge in [-0.1, -0.05) is 30.0 Å². The molecule has 4 aromatic carbocycles. The van der Waals surface area contributed by atoms with Gasteiger partial charge in [0.2, 0.25) is 5.91 Å². The number of nitrogens with one attached hydrogen (secondary N) is 2. The van der Waals surface area contributed by atoms with E-state index in [0.717, 1.165) is 50.6 Å². The minimum atomic E-state index is -0.0680. The number of nitrogens with zero attached hydrogens (tertiary/aromatic N) is 1. The number of imidazole rings is 1. The van der Waals surface area contributed by atoms with Crippen molar-refractivity contribution in [2.45, 2.75) is 11.6 Å². The maximum Gasteiger partial charge on any atom is 0.225 e. The summed E-state index contributed by atoms with van der Waals surface area (Å²) < 4.78 is 16.4. The number of H-pyrrole nitrogens is 1. The number of anilines is 1. The van der Waals surface area contributed by atoms with Crippen LogP contribution in [0, 0.1) is 0 Å². The van der Waals surface area contributed by atoms with Crippen LogP contribution < -0.4 is 19.5 Å². The van der Waals surface area contributed by atoms with Crippen molar-refractivity contribution >= 4 is 23.4 Å². The molecule has 0 radical (unpaired) electrons. The van der Waals surface area contributed by atoms with Crippen LogP contribution in [0.1, 0.15) is 6.42 Å². The normalized spacial score (nSPS) is 10.7. The van der Waals surface area contributed by atoms with Gasteiger partial charge in [0.25, 0.3) is 0 Å². The molecule has 0 atom stereocenters. The van der Waals surface area contributed by atoms with Crippen molar-refractivity contribution in [2.75, 3.05) is 25.3 Å². The summed E-state index contributed by atoms with van der Waals surface area (Å²) in [5, 5.41) is 3.69. The first-order valence-electron chi connectivity index (χ1n) is 12.8. The zero-order chi connectivity index (χ0) is 27.7. The molecule has 0 saturated carbocycles. The van der Waals surface area contributed by atoms with Crippen molar-refractivity contribution in [2.24, 2.45) is 0 Å². The molecule has 7 nitrogen and oxygen atoms in total. The Labute approximate surface area is 237 Å². The van der Waals surface area contributed by atoms with E-state index in [4.69, 9.17) is 19.2 Å². The number of rotatable bonds is 11. The highest BCUT2D eigenvalue weighted by Crippen LogP contribution is 2.34. The Morgan fingerprint density at radius 3 is 1.95 bits per heavy atom. The van der Waals surface area contributed by atoms with E-state index >= 15 is 0 Å². The van der Waals surface area contributed by atoms with Crippen LogP contribution in [0.15, 0.2) is 108 Å². The number of benzene rings is 4. The molecule has 0 fully saturated rings. The minimum Gasteiger partial charge on any atom is -0.497 e. The molecule has 5 rings (SSSR count). The molecule has 5 aromatic rings. The largest absolute Gasteiger partial charge is 0.497 e. The molecule has 1 heterocycles. The molecule has 202 valence electrons. The van der Waals surface area contributed by atoms with E-state index in [1.807, 2.05) is 103 Å². The van der Waals surface area contributed by atoms with Crippen molar-refractivity contribution in [1.29, 1.82) is 0 Å². The summed E-state index contributed by atoms with van der Waals surface area (Å²) in [6.07, 6.45) is 0.337. The van der Waals surface area contributed by atoms with E-state index in [-0.39, 0.29) is 5.91 Å². The van der Waals surface area contributed by atoms with Gasteiger partial charge in [0.05, 0.1) is 25.6 Å². The number of aromatic amines is 1. The van der Waals surface area contributed by atoms with Gasteiger partial charge in [0.1, 0.15) is 23.0 Å². The highest BCUT2D eigenvalue weighted by molar-refractivity contribution is 7.99. The maximum atomic E-state index is 12.6. The van der Waals surface area contributed by atoms with E-state index < -0.39 is 0 Å². The fourth-order valence-corrected chi connectivity index (χ4v) is 4.85. The lowest BCUT2D eigenvalue weighted by Crippen LogP contribution is -2.12. The second-order valence-corrected chi connectivity index (χ2v) is 9.89. The Morgan fingerprint density at radius 2 is 1.32 bits per heavy atom. The Balaban J connectivity index is 1.22. The van der Waals surface area contributed by atoms with Crippen molar-refractivity contribution in [3.8, 4) is 45.5 Å². The molecule has 0 aliphatic carbocycles. The number of hydrogen-bond acceptors (Lipinski definition) is 6. The van der Waals surface area contributed by atoms with Crippen LogP contribution in [0.4, 0.5) is 5.69 Å². The van der Waals surface area contributed by atoms with Gasteiger partial charge >= 0.3 is 0 Å². The second kappa shape index (κ2) is 12.9. The molecule has 1 aromatic heterocycles. The number of thioether (sulfide) groups is 1. The fraction of sp³-hybridized carbons (Fsp3) is 0.125. The van der Waals surface area contributed by atoms with Crippen molar-refractivity contribution in [3.63, 3.8) is 0 Å². The Bertz CT molecular complexity index is 1470. The topological polar surface area (TPSA) is 85.5 Å². The lowest BCUT2D eigenvalue weighted by atomic mass is 10.0. The first-order valence-corrected chi connectivity index (χ1v) is 13.7. The molecule has 0 aliphatic heterocycles. The summed E-state index contributed by atoms with van der Waals surface area (Å²) in [7, 11) is 3.29. The summed E-state index contributed by atoms with van der Waals surface area (Å²) in [6, 6.07) is 32.5. The predicted molar refractivity (Wildman–Crippen MR) is 159 cm³/mol. The molecule has 0 spiro atoms. The minimum absolute atomic E-state index is 0.0680. The molecular weight excluding hydrogens is 522 g/mol. The van der Waals surface area contributed by atoms with Crippen LogP contribution in [0.3, 0.4) is 0 Å². The van der Waals surface area contributed by atoms with Gasteiger partial charge in [-0.2, -0.15) is 0 Å². The standard InChI is InChI=1S/C32H29N3O4S/c1-37-25-14-8-22(9-15-25)30-31(23-10-16-26(38-2)17-11-23)35-32(34-30)40-21-20-29(36)33-24-12-18-28(19-13-24)39-27-6-4-3-5-7-27/h3-19H,20-21H2,1-2H3,(H,33,36)(H,34,35). The smallest absolute Gasteiger partial charge is 0.225 e. The average Bonchev–Trinajstić information content (AvgIpc) is 3.43. The molecule has 2 N–H and O–H groups in total. The molecule has 0 aliphatic rings. The Hall–Kier alpha value is -4.69. The number of para-hydroxylation sites is 1. The third-order valence-corrected chi connectivity index (χ3v) is 6.98. The molecular formula is C32H29N3O4S. The number of carbonyl (C=O) groups excluding carboxylic acids is 1. The van der Waals surface area contributed by atoms with E-state index in [1.165, 1.54) is 11.8 Å². The number of carbonyl (C=O) groups is 1. The van der Waals surface area contributed by atoms with Gasteiger partial charge in [-0.15, -0.1) is 0 Å². The molecule has 40 heavy (non-hydrogen) atoms. The first kappa shape index (κ1) is 26.9. The van der Waals surface area contributed by atoms with E-state index in [2.05, 4.69) is 10.3 Å². The number of methoxy groups -OCH3 is 2. The van der Waals surface area contributed by atoms with Crippen LogP contribution >= 0.6 is 11.8 Å². The molecule has 1 amide bonds. The van der Waals surface area contributed by atoms with Crippen LogP contribution in [0.5, 0.6) is 23.0 Å². The lowest BCUT2D eigenvalue weighted by Gasteiger charge is -2.08. The average molecular weight is 552 g/mol. The second-order valence-electron chi connectivity index (χ2n) is 8.81. The maximum absolute atomic E-state index is 12.6. The monoisotopic (exact) mass is 551 g/mol. The summed E-state index contributed by atoms with van der Waals surface area (Å²) in [4.78, 5) is 20.9. The zero-order valence-corrected chi connectivity index (χ0v) is 23.0. The van der Waals surface area contributed by atoms with E-state index in [0.29, 0.717) is 17.9 Å². The van der Waals surface area contributed by atoms with Crippen molar-refractivity contribution < 1.29 is 19.0 Å². The SMILES string of the molecule is COc1ccc(-c2nc(SCCC(=O)Nc3ccc(Oc4ccccc4)cc3)[nH]c2-c2ccc(OC)cc2)cc1. The Morgan fingerprint density at radius 1 is 0.750 bits per heavy atom. The summed E-state index contributed by atoms with van der Waals surface area (Å²) in [5.41, 5.74) is 4.41. The van der Waals surface area contributed by atoms with Gasteiger partial charge in [0.15, 0.2) is 5.16 Å². The molecule has 8 heteroatoms. The van der Waals surface area contributed by atoms with E-state index in [9.17, 15) is 4.79 Å². The van der Waals surface area contributed by atoms with Gasteiger partial charge in [-0.25, -0.2) is 4.98 Å². The number of aromatic nitrogens is 2. The number of hydrogen-bond donors (Lipinski definition) is 2. The van der Waals surface area contributed by atoms with Crippen molar-refractivity contribution in [3.05, 3.63) is 103 Å².